The van der Waals surface area contributed by atoms with Crippen LogP contribution >= 0.6 is 0 Å². The zero-order valence-electron chi connectivity index (χ0n) is 14.8. The Balaban J connectivity index is 1.78. The first-order valence-corrected chi connectivity index (χ1v) is 9.41. The number of hydrogen-bond acceptors (Lipinski definition) is 2. The van der Waals surface area contributed by atoms with Crippen LogP contribution < -0.4 is 5.32 Å². The molecule has 3 rings (SSSR count). The maximum Gasteiger partial charge on any atom is 0.0337 e. The summed E-state index contributed by atoms with van der Waals surface area (Å²) in [4.78, 5) is 2.97. The van der Waals surface area contributed by atoms with Crippen molar-refractivity contribution >= 4 is 0 Å². The molecule has 2 nitrogen and oxygen atoms in total. The summed E-state index contributed by atoms with van der Waals surface area (Å²) in [5.41, 5.74) is 0.796. The number of rotatable bonds is 2. The Bertz CT molecular complexity index is 347. The fraction of sp³-hybridized carbons (Fsp3) is 1.00. The third kappa shape index (κ3) is 3.32. The molecule has 2 heteroatoms. The third-order valence-electron chi connectivity index (χ3n) is 6.51. The Morgan fingerprint density at radius 2 is 1.57 bits per heavy atom. The Morgan fingerprint density at radius 1 is 0.952 bits per heavy atom. The van der Waals surface area contributed by atoms with Gasteiger partial charge in [-0.25, -0.2) is 0 Å². The molecule has 1 aliphatic heterocycles. The van der Waals surface area contributed by atoms with Gasteiger partial charge < -0.3 is 5.32 Å². The SMILES string of the molecule is CC(C)(C)C1CN(C2CCCCCC2)C(C)(C2CC2)CN1. The summed E-state index contributed by atoms with van der Waals surface area (Å²) in [5.74, 6) is 0.953. The van der Waals surface area contributed by atoms with E-state index in [1.54, 1.807) is 0 Å². The zero-order chi connectivity index (χ0) is 15.1. The largest absolute Gasteiger partial charge is 0.310 e. The van der Waals surface area contributed by atoms with Gasteiger partial charge in [0.25, 0.3) is 0 Å². The lowest BCUT2D eigenvalue weighted by atomic mass is 9.79. The maximum absolute atomic E-state index is 3.91. The van der Waals surface area contributed by atoms with E-state index in [0.717, 1.165) is 12.0 Å². The fourth-order valence-corrected chi connectivity index (χ4v) is 4.70. The molecule has 2 aliphatic carbocycles. The van der Waals surface area contributed by atoms with Crippen LogP contribution in [-0.2, 0) is 0 Å². The summed E-state index contributed by atoms with van der Waals surface area (Å²) in [6, 6.07) is 1.50. The average molecular weight is 293 g/mol. The molecule has 0 aromatic carbocycles. The van der Waals surface area contributed by atoms with Crippen LogP contribution in [0.1, 0.15) is 79.1 Å². The highest BCUT2D eigenvalue weighted by Crippen LogP contribution is 2.46. The topological polar surface area (TPSA) is 15.3 Å². The molecular weight excluding hydrogens is 256 g/mol. The highest BCUT2D eigenvalue weighted by Gasteiger charge is 2.51. The summed E-state index contributed by atoms with van der Waals surface area (Å²) < 4.78 is 0. The second-order valence-electron chi connectivity index (χ2n) is 9.23. The van der Waals surface area contributed by atoms with Crippen molar-refractivity contribution in [2.75, 3.05) is 13.1 Å². The van der Waals surface area contributed by atoms with Crippen LogP contribution in [0.3, 0.4) is 0 Å². The van der Waals surface area contributed by atoms with E-state index in [-0.39, 0.29) is 0 Å². The van der Waals surface area contributed by atoms with Crippen LogP contribution in [0.15, 0.2) is 0 Å². The molecule has 122 valence electrons. The van der Waals surface area contributed by atoms with E-state index in [1.807, 2.05) is 0 Å². The van der Waals surface area contributed by atoms with Crippen LogP contribution in [0.2, 0.25) is 0 Å². The number of nitrogens with one attached hydrogen (secondary N) is 1. The lowest BCUT2D eigenvalue weighted by molar-refractivity contribution is -0.0256. The van der Waals surface area contributed by atoms with Crippen molar-refractivity contribution in [3.63, 3.8) is 0 Å². The quantitative estimate of drug-likeness (QED) is 0.767. The van der Waals surface area contributed by atoms with Crippen LogP contribution in [-0.4, -0.2) is 35.6 Å². The van der Waals surface area contributed by atoms with Gasteiger partial charge in [-0.15, -0.1) is 0 Å². The molecule has 3 aliphatic rings. The Hall–Kier alpha value is -0.0800. The molecule has 2 atom stereocenters. The molecule has 0 aromatic heterocycles. The number of piperazine rings is 1. The van der Waals surface area contributed by atoms with Crippen LogP contribution in [0.4, 0.5) is 0 Å². The van der Waals surface area contributed by atoms with E-state index in [1.165, 1.54) is 64.5 Å². The smallest absolute Gasteiger partial charge is 0.0337 e. The first-order chi connectivity index (χ1) is 9.91. The lowest BCUT2D eigenvalue weighted by Crippen LogP contribution is -2.69. The normalized spacial score (nSPS) is 37.4. The first kappa shape index (κ1) is 15.8. The number of nitrogens with zero attached hydrogens (tertiary/aromatic N) is 1. The lowest BCUT2D eigenvalue weighted by Gasteiger charge is -2.54. The summed E-state index contributed by atoms with van der Waals surface area (Å²) in [6.45, 7) is 12.2. The molecule has 1 saturated heterocycles. The van der Waals surface area contributed by atoms with Gasteiger partial charge in [-0.2, -0.15) is 0 Å². The molecule has 0 radical (unpaired) electrons. The minimum Gasteiger partial charge on any atom is -0.310 e. The number of hydrogen-bond donors (Lipinski definition) is 1. The molecule has 0 aromatic rings. The van der Waals surface area contributed by atoms with E-state index in [4.69, 9.17) is 0 Å². The van der Waals surface area contributed by atoms with E-state index < -0.39 is 0 Å². The van der Waals surface area contributed by atoms with Gasteiger partial charge in [0.15, 0.2) is 0 Å². The van der Waals surface area contributed by atoms with Crippen LogP contribution in [0.25, 0.3) is 0 Å². The molecule has 0 spiro atoms. The highest BCUT2D eigenvalue weighted by molar-refractivity contribution is 5.08. The minimum absolute atomic E-state index is 0.369. The fourth-order valence-electron chi connectivity index (χ4n) is 4.70. The van der Waals surface area contributed by atoms with Crippen molar-refractivity contribution in [3.8, 4) is 0 Å². The summed E-state index contributed by atoms with van der Waals surface area (Å²) in [5, 5.41) is 3.91. The first-order valence-electron chi connectivity index (χ1n) is 9.41. The van der Waals surface area contributed by atoms with Gasteiger partial charge in [0, 0.05) is 30.7 Å². The second kappa shape index (κ2) is 5.85. The highest BCUT2D eigenvalue weighted by atomic mass is 15.3. The van der Waals surface area contributed by atoms with Gasteiger partial charge in [-0.1, -0.05) is 46.5 Å². The molecule has 3 fully saturated rings. The summed E-state index contributed by atoms with van der Waals surface area (Å²) in [7, 11) is 0. The van der Waals surface area contributed by atoms with Crippen LogP contribution in [0, 0.1) is 11.3 Å². The van der Waals surface area contributed by atoms with Crippen molar-refractivity contribution in [1.29, 1.82) is 0 Å². The van der Waals surface area contributed by atoms with Gasteiger partial charge >= 0.3 is 0 Å². The zero-order valence-corrected chi connectivity index (χ0v) is 14.8. The maximum atomic E-state index is 3.91. The molecule has 1 N–H and O–H groups in total. The van der Waals surface area contributed by atoms with Crippen molar-refractivity contribution in [3.05, 3.63) is 0 Å². The van der Waals surface area contributed by atoms with Gasteiger partial charge in [0.2, 0.25) is 0 Å². The molecular formula is C19H36N2. The Kier molecular flexibility index (Phi) is 4.40. The predicted molar refractivity (Wildman–Crippen MR) is 90.6 cm³/mol. The second-order valence-corrected chi connectivity index (χ2v) is 9.23. The average Bonchev–Trinajstić information content (AvgIpc) is 3.25. The van der Waals surface area contributed by atoms with E-state index in [0.29, 0.717) is 17.0 Å². The van der Waals surface area contributed by atoms with Gasteiger partial charge in [0.1, 0.15) is 0 Å². The van der Waals surface area contributed by atoms with Crippen LogP contribution in [0.5, 0.6) is 0 Å². The monoisotopic (exact) mass is 292 g/mol. The molecule has 21 heavy (non-hydrogen) atoms. The predicted octanol–water partition coefficient (Wildman–Crippen LogP) is 4.20. The Morgan fingerprint density at radius 3 is 2.10 bits per heavy atom. The van der Waals surface area contributed by atoms with Gasteiger partial charge in [-0.05, 0) is 43.9 Å². The van der Waals surface area contributed by atoms with E-state index >= 15 is 0 Å². The standard InChI is InChI=1S/C19H36N2/c1-18(2,3)17-13-21(16-9-7-5-6-8-10-16)19(4,14-20-17)15-11-12-15/h15-17,20H,5-14H2,1-4H3. The molecule has 0 bridgehead atoms. The van der Waals surface area contributed by atoms with E-state index in [2.05, 4.69) is 37.9 Å². The van der Waals surface area contributed by atoms with Crippen molar-refractivity contribution in [1.82, 2.24) is 10.2 Å². The summed E-state index contributed by atoms with van der Waals surface area (Å²) in [6.07, 6.45) is 11.6. The van der Waals surface area contributed by atoms with Gasteiger partial charge in [0.05, 0.1) is 0 Å². The molecule has 1 heterocycles. The minimum atomic E-state index is 0.369. The van der Waals surface area contributed by atoms with E-state index in [9.17, 15) is 0 Å². The third-order valence-corrected chi connectivity index (χ3v) is 6.51. The Labute approximate surface area is 132 Å². The molecule has 2 unspecified atom stereocenters. The summed E-state index contributed by atoms with van der Waals surface area (Å²) >= 11 is 0. The van der Waals surface area contributed by atoms with Crippen molar-refractivity contribution in [2.45, 2.75) is 96.7 Å². The molecule has 0 amide bonds. The molecule has 2 saturated carbocycles. The van der Waals surface area contributed by atoms with Gasteiger partial charge in [-0.3, -0.25) is 4.90 Å². The van der Waals surface area contributed by atoms with Crippen molar-refractivity contribution < 1.29 is 0 Å². The van der Waals surface area contributed by atoms with Crippen molar-refractivity contribution in [2.24, 2.45) is 11.3 Å².